The zero-order chi connectivity index (χ0) is 23.2. The van der Waals surface area contributed by atoms with E-state index in [9.17, 15) is 9.59 Å². The molecule has 4 rings (SSSR count). The maximum Gasteiger partial charge on any atom is 0.338 e. The van der Waals surface area contributed by atoms with Gasteiger partial charge in [0.15, 0.2) is 5.76 Å². The zero-order valence-electron chi connectivity index (χ0n) is 18.4. The van der Waals surface area contributed by atoms with Crippen molar-refractivity contribution in [2.45, 2.75) is 32.9 Å². The van der Waals surface area contributed by atoms with E-state index in [1.807, 2.05) is 29.3 Å². The number of carbonyl (C=O) groups excluding carboxylic acids is 2. The molecule has 10 nitrogen and oxygen atoms in total. The summed E-state index contributed by atoms with van der Waals surface area (Å²) in [4.78, 5) is 28.3. The maximum absolute atomic E-state index is 12.9. The summed E-state index contributed by atoms with van der Waals surface area (Å²) in [6.45, 7) is 5.36. The first-order valence-corrected chi connectivity index (χ1v) is 11.6. The molecule has 11 heteroatoms. The molecule has 0 aliphatic carbocycles. The first-order chi connectivity index (χ1) is 16.1. The molecule has 1 aliphatic rings. The number of nitrogens with zero attached hydrogens (tertiary/aromatic N) is 3. The lowest BCUT2D eigenvalue weighted by atomic mass is 10.0. The monoisotopic (exact) mass is 471 g/mol. The third-order valence-electron chi connectivity index (χ3n) is 4.96. The van der Waals surface area contributed by atoms with E-state index in [0.717, 1.165) is 11.3 Å². The molecule has 0 fully saturated rings. The van der Waals surface area contributed by atoms with E-state index in [1.165, 1.54) is 17.6 Å². The Bertz CT molecular complexity index is 1110. The van der Waals surface area contributed by atoms with Gasteiger partial charge in [-0.15, -0.1) is 21.5 Å². The number of amides is 2. The minimum atomic E-state index is -0.578. The van der Waals surface area contributed by atoms with Crippen molar-refractivity contribution in [2.75, 3.05) is 19.7 Å². The third kappa shape index (κ3) is 5.32. The van der Waals surface area contributed by atoms with E-state index in [2.05, 4.69) is 20.8 Å². The predicted molar refractivity (Wildman–Crippen MR) is 120 cm³/mol. The summed E-state index contributed by atoms with van der Waals surface area (Å²) in [5, 5.41) is 15.7. The van der Waals surface area contributed by atoms with Gasteiger partial charge in [-0.1, -0.05) is 13.0 Å². The highest BCUT2D eigenvalue weighted by molar-refractivity contribution is 7.10. The molecule has 0 saturated carbocycles. The second-order valence-corrected chi connectivity index (χ2v) is 8.33. The first-order valence-electron chi connectivity index (χ1n) is 10.7. The molecular formula is C22H25N5O5S. The highest BCUT2D eigenvalue weighted by Crippen LogP contribution is 2.31. The van der Waals surface area contributed by atoms with Gasteiger partial charge in [0.05, 0.1) is 31.0 Å². The standard InChI is InChI=1S/C22H25N5O5S/c1-3-9-27(13-17-25-26-20(32-17)15-7-5-10-31-15)12-14-18(21(28)30-4-2)19(24-22(29)23-14)16-8-6-11-33-16/h5-8,10-11,19H,3-4,9,12-13H2,1-2H3,(H2,23,24,29)/t19-/m0/s1. The van der Waals surface area contributed by atoms with Crippen LogP contribution in [-0.2, 0) is 16.1 Å². The Morgan fingerprint density at radius 3 is 2.82 bits per heavy atom. The fraction of sp³-hybridized carbons (Fsp3) is 0.364. The van der Waals surface area contributed by atoms with Crippen molar-refractivity contribution in [1.29, 1.82) is 0 Å². The molecule has 0 bridgehead atoms. The SMILES string of the molecule is CCCN(CC1=C(C(=O)OCC)[C@H](c2cccs2)NC(=O)N1)Cc1nnc(-c2ccco2)o1. The van der Waals surface area contributed by atoms with E-state index in [-0.39, 0.29) is 12.6 Å². The Morgan fingerprint density at radius 1 is 1.24 bits per heavy atom. The van der Waals surface area contributed by atoms with E-state index in [4.69, 9.17) is 13.6 Å². The van der Waals surface area contributed by atoms with Gasteiger partial charge >= 0.3 is 12.0 Å². The second kappa shape index (κ2) is 10.5. The highest BCUT2D eigenvalue weighted by atomic mass is 32.1. The van der Waals surface area contributed by atoms with Crippen LogP contribution in [0.5, 0.6) is 0 Å². The quantitative estimate of drug-likeness (QED) is 0.431. The van der Waals surface area contributed by atoms with Gasteiger partial charge in [0.2, 0.25) is 5.89 Å². The summed E-state index contributed by atoms with van der Waals surface area (Å²) in [5.41, 5.74) is 0.886. The number of carbonyl (C=O) groups is 2. The van der Waals surface area contributed by atoms with Gasteiger partial charge in [-0.05, 0) is 43.5 Å². The molecule has 1 aliphatic heterocycles. The van der Waals surface area contributed by atoms with Crippen LogP contribution < -0.4 is 10.6 Å². The Balaban J connectivity index is 1.61. The average Bonchev–Trinajstić information content (AvgIpc) is 3.55. The summed E-state index contributed by atoms with van der Waals surface area (Å²) in [5.74, 6) is 0.731. The third-order valence-corrected chi connectivity index (χ3v) is 5.89. The average molecular weight is 472 g/mol. The van der Waals surface area contributed by atoms with Gasteiger partial charge in [-0.25, -0.2) is 9.59 Å². The van der Waals surface area contributed by atoms with Crippen LogP contribution >= 0.6 is 11.3 Å². The van der Waals surface area contributed by atoms with Crippen molar-refractivity contribution in [2.24, 2.45) is 0 Å². The first kappa shape index (κ1) is 22.7. The van der Waals surface area contributed by atoms with Crippen molar-refractivity contribution in [3.63, 3.8) is 0 Å². The fourth-order valence-corrected chi connectivity index (χ4v) is 4.41. The van der Waals surface area contributed by atoms with Gasteiger partial charge in [0.25, 0.3) is 5.89 Å². The summed E-state index contributed by atoms with van der Waals surface area (Å²) in [6, 6.07) is 6.31. The molecule has 0 aromatic carbocycles. The largest absolute Gasteiger partial charge is 0.463 e. The van der Waals surface area contributed by atoms with Crippen molar-refractivity contribution in [3.8, 4) is 11.7 Å². The summed E-state index contributed by atoms with van der Waals surface area (Å²) in [7, 11) is 0. The minimum absolute atomic E-state index is 0.233. The van der Waals surface area contributed by atoms with Crippen LogP contribution in [0.4, 0.5) is 4.79 Å². The topological polar surface area (TPSA) is 123 Å². The Morgan fingerprint density at radius 2 is 2.12 bits per heavy atom. The number of furan rings is 1. The molecule has 3 aromatic heterocycles. The summed E-state index contributed by atoms with van der Waals surface area (Å²) in [6.07, 6.45) is 2.39. The molecule has 0 radical (unpaired) electrons. The van der Waals surface area contributed by atoms with Crippen LogP contribution in [0.2, 0.25) is 0 Å². The van der Waals surface area contributed by atoms with Gasteiger partial charge < -0.3 is 24.2 Å². The molecule has 0 saturated heterocycles. The lowest BCUT2D eigenvalue weighted by Gasteiger charge is -2.31. The molecule has 4 heterocycles. The Hall–Kier alpha value is -3.44. The van der Waals surface area contributed by atoms with Crippen LogP contribution in [0, 0.1) is 0 Å². The van der Waals surface area contributed by atoms with Gasteiger partial charge in [-0.2, -0.15) is 0 Å². The molecular weight excluding hydrogens is 446 g/mol. The minimum Gasteiger partial charge on any atom is -0.463 e. The predicted octanol–water partition coefficient (Wildman–Crippen LogP) is 3.47. The lowest BCUT2D eigenvalue weighted by molar-refractivity contribution is -0.139. The number of aromatic nitrogens is 2. The molecule has 1 atom stereocenters. The van der Waals surface area contributed by atoms with Crippen molar-refractivity contribution >= 4 is 23.3 Å². The van der Waals surface area contributed by atoms with Crippen molar-refractivity contribution in [3.05, 3.63) is 57.9 Å². The normalized spacial score (nSPS) is 16.1. The van der Waals surface area contributed by atoms with Crippen molar-refractivity contribution in [1.82, 2.24) is 25.7 Å². The van der Waals surface area contributed by atoms with E-state index in [1.54, 1.807) is 19.1 Å². The fourth-order valence-electron chi connectivity index (χ4n) is 3.62. The number of rotatable bonds is 10. The maximum atomic E-state index is 12.9. The van der Waals surface area contributed by atoms with Crippen LogP contribution in [0.3, 0.4) is 0 Å². The van der Waals surface area contributed by atoms with Gasteiger partial charge in [0.1, 0.15) is 0 Å². The van der Waals surface area contributed by atoms with Gasteiger partial charge in [0, 0.05) is 17.1 Å². The number of nitrogens with one attached hydrogen (secondary N) is 2. The number of hydrogen-bond acceptors (Lipinski definition) is 9. The Kier molecular flexibility index (Phi) is 7.20. The second-order valence-electron chi connectivity index (χ2n) is 7.35. The van der Waals surface area contributed by atoms with E-state index in [0.29, 0.717) is 48.4 Å². The van der Waals surface area contributed by atoms with E-state index < -0.39 is 12.0 Å². The summed E-state index contributed by atoms with van der Waals surface area (Å²) < 4.78 is 16.4. The number of thiophene rings is 1. The van der Waals surface area contributed by atoms with Crippen LogP contribution in [0.1, 0.15) is 37.1 Å². The number of esters is 1. The Labute approximate surface area is 194 Å². The summed E-state index contributed by atoms with van der Waals surface area (Å²) >= 11 is 1.47. The van der Waals surface area contributed by atoms with Crippen molar-refractivity contribution < 1.29 is 23.2 Å². The van der Waals surface area contributed by atoms with Crippen LogP contribution in [-0.4, -0.2) is 46.8 Å². The molecule has 0 spiro atoms. The number of urea groups is 1. The van der Waals surface area contributed by atoms with Crippen LogP contribution in [0.25, 0.3) is 11.7 Å². The molecule has 2 N–H and O–H groups in total. The molecule has 174 valence electrons. The van der Waals surface area contributed by atoms with Crippen LogP contribution in [0.15, 0.2) is 56.0 Å². The number of ether oxygens (including phenoxy) is 1. The zero-order valence-corrected chi connectivity index (χ0v) is 19.2. The van der Waals surface area contributed by atoms with Gasteiger partial charge in [-0.3, -0.25) is 4.90 Å². The molecule has 2 amide bonds. The number of hydrogen-bond donors (Lipinski definition) is 2. The smallest absolute Gasteiger partial charge is 0.338 e. The molecule has 3 aromatic rings. The van der Waals surface area contributed by atoms with E-state index >= 15 is 0 Å². The lowest BCUT2D eigenvalue weighted by Crippen LogP contribution is -2.48. The molecule has 0 unspecified atom stereocenters. The highest BCUT2D eigenvalue weighted by Gasteiger charge is 2.35. The molecule has 33 heavy (non-hydrogen) atoms.